The highest BCUT2D eigenvalue weighted by atomic mass is 16.5. The molecule has 27 heavy (non-hydrogen) atoms. The van der Waals surface area contributed by atoms with E-state index in [0.29, 0.717) is 17.0 Å². The normalized spacial score (nSPS) is 15.6. The minimum Gasteiger partial charge on any atom is -0.497 e. The van der Waals surface area contributed by atoms with E-state index in [1.807, 2.05) is 0 Å². The van der Waals surface area contributed by atoms with Crippen LogP contribution in [0, 0.1) is 0 Å². The molecule has 0 aliphatic carbocycles. The Bertz CT molecular complexity index is 1030. The third kappa shape index (κ3) is 3.41. The number of methoxy groups -OCH3 is 1. The molecule has 8 heteroatoms. The van der Waals surface area contributed by atoms with E-state index in [0.717, 1.165) is 0 Å². The molecule has 0 radical (unpaired) electrons. The summed E-state index contributed by atoms with van der Waals surface area (Å²) < 4.78 is 10.4. The smallest absolute Gasteiger partial charge is 0.337 e. The summed E-state index contributed by atoms with van der Waals surface area (Å²) in [7, 11) is 1.55. The van der Waals surface area contributed by atoms with Crippen LogP contribution in [0.3, 0.4) is 0 Å². The Kier molecular flexibility index (Phi) is 4.98. The van der Waals surface area contributed by atoms with E-state index in [1.165, 1.54) is 6.08 Å². The van der Waals surface area contributed by atoms with E-state index in [2.05, 4.69) is 21.9 Å². The Morgan fingerprint density at radius 3 is 2.56 bits per heavy atom. The van der Waals surface area contributed by atoms with Crippen LogP contribution < -0.4 is 21.3 Å². The second kappa shape index (κ2) is 7.36. The monoisotopic (exact) mass is 369 g/mol. The quantitative estimate of drug-likeness (QED) is 0.545. The fourth-order valence-electron chi connectivity index (χ4n) is 3.10. The van der Waals surface area contributed by atoms with Crippen molar-refractivity contribution in [1.29, 1.82) is 0 Å². The topological polar surface area (TPSA) is 113 Å². The van der Waals surface area contributed by atoms with Crippen molar-refractivity contribution in [2.24, 2.45) is 0 Å². The van der Waals surface area contributed by atoms with Gasteiger partial charge >= 0.3 is 11.7 Å². The molecule has 2 aromatic rings. The average Bonchev–Trinajstić information content (AvgIpc) is 2.64. The standard InChI is InChI=1S/C19H19N3O5/c1-4-9-27-18(24)13-10(2)20-16-15(17(23)22-19(25)21-16)14(13)11-5-7-12(26-3)8-6-11/h4-8,14H,1,9H2,2-3H3,(H3,20,21,22,23,25)/t14-/m0/s1. The number of carbonyl (C=O) groups is 1. The van der Waals surface area contributed by atoms with Crippen molar-refractivity contribution in [3.05, 3.63) is 80.2 Å². The highest BCUT2D eigenvalue weighted by Gasteiger charge is 2.35. The maximum atomic E-state index is 12.7. The Labute approximate surface area is 154 Å². The van der Waals surface area contributed by atoms with E-state index in [1.54, 1.807) is 38.3 Å². The maximum Gasteiger partial charge on any atom is 0.337 e. The summed E-state index contributed by atoms with van der Waals surface area (Å²) in [5.74, 6) is -0.399. The van der Waals surface area contributed by atoms with Gasteiger partial charge in [0.15, 0.2) is 0 Å². The van der Waals surface area contributed by atoms with Gasteiger partial charge in [0, 0.05) is 5.70 Å². The minimum absolute atomic E-state index is 0.0415. The fraction of sp³-hybridized carbons (Fsp3) is 0.211. The van der Waals surface area contributed by atoms with Crippen LogP contribution in [0.25, 0.3) is 0 Å². The summed E-state index contributed by atoms with van der Waals surface area (Å²) >= 11 is 0. The first-order valence-electron chi connectivity index (χ1n) is 8.22. The highest BCUT2D eigenvalue weighted by Crippen LogP contribution is 2.39. The van der Waals surface area contributed by atoms with Gasteiger partial charge in [-0.25, -0.2) is 9.59 Å². The SMILES string of the molecule is C=CCOC(=O)C1=C(C)Nc2[nH]c(=O)[nH]c(=O)c2[C@H]1c1ccc(OC)cc1. The molecule has 0 saturated heterocycles. The van der Waals surface area contributed by atoms with Crippen molar-refractivity contribution in [2.75, 3.05) is 19.0 Å². The van der Waals surface area contributed by atoms with Crippen LogP contribution in [0.1, 0.15) is 24.0 Å². The summed E-state index contributed by atoms with van der Waals surface area (Å²) in [6.45, 7) is 5.26. The molecular weight excluding hydrogens is 350 g/mol. The molecule has 8 nitrogen and oxygen atoms in total. The molecule has 1 aliphatic rings. The van der Waals surface area contributed by atoms with E-state index in [9.17, 15) is 14.4 Å². The second-order valence-corrected chi connectivity index (χ2v) is 5.95. The second-order valence-electron chi connectivity index (χ2n) is 5.95. The van der Waals surface area contributed by atoms with Crippen LogP contribution in [-0.4, -0.2) is 29.7 Å². The number of carbonyl (C=O) groups excluding carboxylic acids is 1. The summed E-state index contributed by atoms with van der Waals surface area (Å²) in [6.07, 6.45) is 1.46. The predicted octanol–water partition coefficient (Wildman–Crippen LogP) is 1.63. The zero-order valence-corrected chi connectivity index (χ0v) is 14.9. The predicted molar refractivity (Wildman–Crippen MR) is 100.0 cm³/mol. The van der Waals surface area contributed by atoms with Gasteiger partial charge in [0.2, 0.25) is 0 Å². The van der Waals surface area contributed by atoms with Crippen LogP contribution >= 0.6 is 0 Å². The summed E-state index contributed by atoms with van der Waals surface area (Å²) in [5.41, 5.74) is 0.469. The van der Waals surface area contributed by atoms with Gasteiger partial charge in [0.05, 0.1) is 24.2 Å². The number of anilines is 1. The van der Waals surface area contributed by atoms with Gasteiger partial charge in [0.1, 0.15) is 18.2 Å². The van der Waals surface area contributed by atoms with Crippen molar-refractivity contribution in [3.63, 3.8) is 0 Å². The lowest BCUT2D eigenvalue weighted by atomic mass is 9.82. The lowest BCUT2D eigenvalue weighted by molar-refractivity contribution is -0.138. The van der Waals surface area contributed by atoms with Crippen molar-refractivity contribution in [2.45, 2.75) is 12.8 Å². The molecule has 0 unspecified atom stereocenters. The molecule has 1 atom stereocenters. The Morgan fingerprint density at radius 2 is 1.93 bits per heavy atom. The molecule has 3 rings (SSSR count). The van der Waals surface area contributed by atoms with Gasteiger partial charge in [-0.15, -0.1) is 0 Å². The zero-order valence-electron chi connectivity index (χ0n) is 14.9. The number of rotatable bonds is 5. The number of esters is 1. The number of ether oxygens (including phenoxy) is 2. The Morgan fingerprint density at radius 1 is 1.22 bits per heavy atom. The van der Waals surface area contributed by atoms with E-state index in [4.69, 9.17) is 9.47 Å². The molecule has 2 heterocycles. The van der Waals surface area contributed by atoms with Crippen LogP contribution in [0.2, 0.25) is 0 Å². The molecule has 0 bridgehead atoms. The number of H-pyrrole nitrogens is 2. The first-order valence-corrected chi connectivity index (χ1v) is 8.22. The van der Waals surface area contributed by atoms with Gasteiger partial charge in [0.25, 0.3) is 5.56 Å². The van der Waals surface area contributed by atoms with E-state index in [-0.39, 0.29) is 23.6 Å². The summed E-state index contributed by atoms with van der Waals surface area (Å²) in [6, 6.07) is 6.99. The Hall–Kier alpha value is -3.55. The van der Waals surface area contributed by atoms with Crippen molar-refractivity contribution >= 4 is 11.8 Å². The van der Waals surface area contributed by atoms with Gasteiger partial charge in [-0.3, -0.25) is 14.8 Å². The van der Waals surface area contributed by atoms with Crippen LogP contribution in [0.5, 0.6) is 5.75 Å². The van der Waals surface area contributed by atoms with Crippen molar-refractivity contribution in [1.82, 2.24) is 9.97 Å². The number of benzene rings is 1. The summed E-state index contributed by atoms with van der Waals surface area (Å²) in [5, 5.41) is 2.92. The number of aromatic nitrogens is 2. The van der Waals surface area contributed by atoms with Crippen LogP contribution in [-0.2, 0) is 9.53 Å². The first kappa shape index (κ1) is 18.2. The first-order chi connectivity index (χ1) is 13.0. The fourth-order valence-corrected chi connectivity index (χ4v) is 3.10. The molecule has 0 spiro atoms. The van der Waals surface area contributed by atoms with Gasteiger partial charge in [-0.1, -0.05) is 24.8 Å². The third-order valence-corrected chi connectivity index (χ3v) is 4.27. The molecule has 3 N–H and O–H groups in total. The number of allylic oxidation sites excluding steroid dienone is 1. The van der Waals surface area contributed by atoms with Gasteiger partial charge in [-0.2, -0.15) is 0 Å². The van der Waals surface area contributed by atoms with Crippen molar-refractivity contribution in [3.8, 4) is 5.75 Å². The molecule has 1 aromatic carbocycles. The molecule has 1 aromatic heterocycles. The van der Waals surface area contributed by atoms with Crippen molar-refractivity contribution < 1.29 is 14.3 Å². The average molecular weight is 369 g/mol. The zero-order chi connectivity index (χ0) is 19.6. The molecule has 0 saturated carbocycles. The number of aromatic amines is 2. The lowest BCUT2D eigenvalue weighted by Crippen LogP contribution is -2.35. The maximum absolute atomic E-state index is 12.7. The summed E-state index contributed by atoms with van der Waals surface area (Å²) in [4.78, 5) is 41.7. The van der Waals surface area contributed by atoms with Gasteiger partial charge in [-0.05, 0) is 24.6 Å². The largest absolute Gasteiger partial charge is 0.497 e. The van der Waals surface area contributed by atoms with E-state index < -0.39 is 23.1 Å². The van der Waals surface area contributed by atoms with Crippen LogP contribution in [0.15, 0.2) is 57.8 Å². The molecule has 140 valence electrons. The number of hydrogen-bond acceptors (Lipinski definition) is 6. The van der Waals surface area contributed by atoms with E-state index >= 15 is 0 Å². The molecule has 0 fully saturated rings. The number of fused-ring (bicyclic) bond motifs is 1. The minimum atomic E-state index is -0.718. The lowest BCUT2D eigenvalue weighted by Gasteiger charge is -2.28. The van der Waals surface area contributed by atoms with Gasteiger partial charge < -0.3 is 14.8 Å². The molecule has 0 amide bonds. The molecular formula is C19H19N3O5. The number of hydrogen-bond donors (Lipinski definition) is 3. The molecule has 1 aliphatic heterocycles. The van der Waals surface area contributed by atoms with Crippen LogP contribution in [0.4, 0.5) is 5.82 Å². The Balaban J connectivity index is 2.21. The third-order valence-electron chi connectivity index (χ3n) is 4.27. The highest BCUT2D eigenvalue weighted by molar-refractivity contribution is 5.94. The number of nitrogens with one attached hydrogen (secondary N) is 3.